The van der Waals surface area contributed by atoms with E-state index in [4.69, 9.17) is 5.11 Å². The van der Waals surface area contributed by atoms with Crippen LogP contribution in [-0.2, 0) is 0 Å². The third-order valence-electron chi connectivity index (χ3n) is 3.17. The van der Waals surface area contributed by atoms with Crippen LogP contribution < -0.4 is 0 Å². The monoisotopic (exact) mass is 223 g/mol. The van der Waals surface area contributed by atoms with Crippen molar-refractivity contribution in [1.82, 2.24) is 14.5 Å². The molecule has 1 aromatic rings. The quantitative estimate of drug-likeness (QED) is 0.819. The number of hydrogen-bond acceptors (Lipinski definition) is 3. The van der Waals surface area contributed by atoms with Crippen molar-refractivity contribution in [3.05, 3.63) is 18.2 Å². The van der Waals surface area contributed by atoms with Crippen LogP contribution in [0.15, 0.2) is 12.4 Å². The number of carboxylic acids is 1. The molecule has 16 heavy (non-hydrogen) atoms. The molecule has 2 rings (SSSR count). The van der Waals surface area contributed by atoms with Crippen LogP contribution >= 0.6 is 0 Å². The summed E-state index contributed by atoms with van der Waals surface area (Å²) in [7, 11) is 2.11. The van der Waals surface area contributed by atoms with E-state index in [1.54, 1.807) is 12.4 Å². The molecule has 0 aromatic carbocycles. The first kappa shape index (κ1) is 11.1. The number of aromatic carboxylic acids is 1. The molecule has 1 atom stereocenters. The van der Waals surface area contributed by atoms with Gasteiger partial charge in [-0.05, 0) is 39.4 Å². The third kappa shape index (κ3) is 2.24. The maximum atomic E-state index is 11.0. The fourth-order valence-electron chi connectivity index (χ4n) is 2.27. The molecule has 1 N–H and O–H groups in total. The van der Waals surface area contributed by atoms with Crippen molar-refractivity contribution in [3.63, 3.8) is 0 Å². The minimum Gasteiger partial charge on any atom is -0.475 e. The normalized spacial score (nSPS) is 22.9. The number of nitrogens with zero attached hydrogens (tertiary/aromatic N) is 3. The van der Waals surface area contributed by atoms with Gasteiger partial charge in [-0.3, -0.25) is 0 Å². The first-order valence-electron chi connectivity index (χ1n) is 5.63. The second-order valence-electron chi connectivity index (χ2n) is 4.35. The lowest BCUT2D eigenvalue weighted by Crippen LogP contribution is -2.20. The second kappa shape index (κ2) is 4.65. The highest BCUT2D eigenvalue weighted by molar-refractivity contribution is 5.83. The fraction of sp³-hybridized carbons (Fsp3) is 0.636. The van der Waals surface area contributed by atoms with Crippen LogP contribution in [0.25, 0.3) is 0 Å². The van der Waals surface area contributed by atoms with E-state index >= 15 is 0 Å². The average molecular weight is 223 g/mol. The van der Waals surface area contributed by atoms with Gasteiger partial charge in [0.15, 0.2) is 0 Å². The molecular formula is C11H17N3O2. The molecule has 0 bridgehead atoms. The van der Waals surface area contributed by atoms with E-state index in [0.717, 1.165) is 32.4 Å². The maximum Gasteiger partial charge on any atom is 0.372 e. The van der Waals surface area contributed by atoms with Crippen LogP contribution in [0.1, 0.15) is 35.9 Å². The van der Waals surface area contributed by atoms with Gasteiger partial charge in [0, 0.05) is 18.4 Å². The predicted octanol–water partition coefficient (Wildman–Crippen LogP) is 1.24. The minimum absolute atomic E-state index is 0.162. The topological polar surface area (TPSA) is 58.4 Å². The van der Waals surface area contributed by atoms with E-state index in [9.17, 15) is 4.79 Å². The summed E-state index contributed by atoms with van der Waals surface area (Å²) in [6, 6.07) is 0.276. The van der Waals surface area contributed by atoms with Crippen molar-refractivity contribution in [2.75, 3.05) is 20.1 Å². The Morgan fingerprint density at radius 2 is 2.31 bits per heavy atom. The van der Waals surface area contributed by atoms with Crippen LogP contribution in [-0.4, -0.2) is 45.7 Å². The molecule has 0 aliphatic carbocycles. The van der Waals surface area contributed by atoms with Crippen molar-refractivity contribution in [2.24, 2.45) is 0 Å². The third-order valence-corrected chi connectivity index (χ3v) is 3.17. The highest BCUT2D eigenvalue weighted by atomic mass is 16.4. The van der Waals surface area contributed by atoms with Gasteiger partial charge in [0.25, 0.3) is 0 Å². The van der Waals surface area contributed by atoms with Gasteiger partial charge in [-0.25, -0.2) is 9.78 Å². The van der Waals surface area contributed by atoms with E-state index in [0.29, 0.717) is 0 Å². The molecule has 0 amide bonds. The number of likely N-dealkylation sites (tertiary alicyclic amines) is 1. The van der Waals surface area contributed by atoms with Crippen molar-refractivity contribution < 1.29 is 9.90 Å². The number of carbonyl (C=O) groups is 1. The summed E-state index contributed by atoms with van der Waals surface area (Å²) in [6.07, 6.45) is 6.48. The molecule has 0 spiro atoms. The van der Waals surface area contributed by atoms with Crippen molar-refractivity contribution in [3.8, 4) is 0 Å². The van der Waals surface area contributed by atoms with Crippen LogP contribution in [0.3, 0.4) is 0 Å². The summed E-state index contributed by atoms with van der Waals surface area (Å²) >= 11 is 0. The number of rotatable bonds is 2. The SMILES string of the molecule is CN1CCCC(n2ccnc2C(=O)O)CC1. The van der Waals surface area contributed by atoms with Crippen LogP contribution in [0, 0.1) is 0 Å². The molecule has 0 radical (unpaired) electrons. The lowest BCUT2D eigenvalue weighted by molar-refractivity contribution is 0.0674. The molecule has 5 heteroatoms. The van der Waals surface area contributed by atoms with Crippen LogP contribution in [0.4, 0.5) is 0 Å². The molecule has 2 heterocycles. The largest absolute Gasteiger partial charge is 0.475 e. The molecule has 1 saturated heterocycles. The zero-order valence-corrected chi connectivity index (χ0v) is 9.46. The minimum atomic E-state index is -0.942. The van der Waals surface area contributed by atoms with Gasteiger partial charge in [-0.1, -0.05) is 0 Å². The summed E-state index contributed by atoms with van der Waals surface area (Å²) in [5.41, 5.74) is 0. The Hall–Kier alpha value is -1.36. The Kier molecular flexibility index (Phi) is 3.24. The number of aromatic nitrogens is 2. The van der Waals surface area contributed by atoms with Gasteiger partial charge < -0.3 is 14.6 Å². The smallest absolute Gasteiger partial charge is 0.372 e. The van der Waals surface area contributed by atoms with Gasteiger partial charge >= 0.3 is 5.97 Å². The molecule has 0 saturated carbocycles. The Morgan fingerprint density at radius 3 is 3.06 bits per heavy atom. The predicted molar refractivity (Wildman–Crippen MR) is 59.6 cm³/mol. The first-order valence-corrected chi connectivity index (χ1v) is 5.63. The Labute approximate surface area is 94.7 Å². The van der Waals surface area contributed by atoms with Gasteiger partial charge in [0.2, 0.25) is 5.82 Å². The average Bonchev–Trinajstić information content (AvgIpc) is 2.63. The molecule has 1 fully saturated rings. The van der Waals surface area contributed by atoms with Gasteiger partial charge in [0.05, 0.1) is 0 Å². The van der Waals surface area contributed by atoms with Crippen LogP contribution in [0.2, 0.25) is 0 Å². The fourth-order valence-corrected chi connectivity index (χ4v) is 2.27. The lowest BCUT2D eigenvalue weighted by Gasteiger charge is -2.17. The van der Waals surface area contributed by atoms with E-state index in [1.807, 2.05) is 4.57 Å². The van der Waals surface area contributed by atoms with Crippen molar-refractivity contribution >= 4 is 5.97 Å². The van der Waals surface area contributed by atoms with E-state index < -0.39 is 5.97 Å². The molecule has 5 nitrogen and oxygen atoms in total. The van der Waals surface area contributed by atoms with E-state index in [1.165, 1.54) is 0 Å². The van der Waals surface area contributed by atoms with Gasteiger partial charge in [-0.15, -0.1) is 0 Å². The van der Waals surface area contributed by atoms with E-state index in [-0.39, 0.29) is 11.9 Å². The van der Waals surface area contributed by atoms with E-state index in [2.05, 4.69) is 16.9 Å². The summed E-state index contributed by atoms with van der Waals surface area (Å²) in [6.45, 7) is 2.11. The Bertz CT molecular complexity index is 375. The molecule has 88 valence electrons. The number of hydrogen-bond donors (Lipinski definition) is 1. The Balaban J connectivity index is 2.16. The summed E-state index contributed by atoms with van der Waals surface area (Å²) < 4.78 is 1.81. The molecule has 1 aliphatic rings. The zero-order valence-electron chi connectivity index (χ0n) is 9.46. The lowest BCUT2D eigenvalue weighted by atomic mass is 10.1. The van der Waals surface area contributed by atoms with Crippen LogP contribution in [0.5, 0.6) is 0 Å². The first-order chi connectivity index (χ1) is 7.68. The maximum absolute atomic E-state index is 11.0. The molecule has 1 aromatic heterocycles. The molecule has 1 unspecified atom stereocenters. The second-order valence-corrected chi connectivity index (χ2v) is 4.35. The summed E-state index contributed by atoms with van der Waals surface area (Å²) in [4.78, 5) is 17.2. The summed E-state index contributed by atoms with van der Waals surface area (Å²) in [5, 5.41) is 9.01. The van der Waals surface area contributed by atoms with Crippen molar-refractivity contribution in [2.45, 2.75) is 25.3 Å². The summed E-state index contributed by atoms with van der Waals surface area (Å²) in [5.74, 6) is -0.780. The molecular weight excluding hydrogens is 206 g/mol. The highest BCUT2D eigenvalue weighted by Gasteiger charge is 2.21. The van der Waals surface area contributed by atoms with Gasteiger partial charge in [-0.2, -0.15) is 0 Å². The van der Waals surface area contributed by atoms with Gasteiger partial charge in [0.1, 0.15) is 0 Å². The Morgan fingerprint density at radius 1 is 1.50 bits per heavy atom. The highest BCUT2D eigenvalue weighted by Crippen LogP contribution is 2.23. The van der Waals surface area contributed by atoms with Crippen molar-refractivity contribution in [1.29, 1.82) is 0 Å². The standard InChI is InChI=1S/C11H17N3O2/c1-13-6-2-3-9(4-7-13)14-8-5-12-10(14)11(15)16/h5,8-9H,2-4,6-7H2,1H3,(H,15,16). The molecule has 1 aliphatic heterocycles. The number of carboxylic acid groups (broad SMARTS) is 1. The number of imidazole rings is 1. The zero-order chi connectivity index (χ0) is 11.5.